The highest BCUT2D eigenvalue weighted by Crippen LogP contribution is 2.30. The van der Waals surface area contributed by atoms with Crippen LogP contribution in [0.5, 0.6) is 0 Å². The van der Waals surface area contributed by atoms with Crippen molar-refractivity contribution in [3.63, 3.8) is 0 Å². The van der Waals surface area contributed by atoms with Crippen LogP contribution in [0.3, 0.4) is 0 Å². The summed E-state index contributed by atoms with van der Waals surface area (Å²) in [6, 6.07) is 10.8. The number of piperazine rings is 1. The average Bonchev–Trinajstić information content (AvgIpc) is 2.81. The van der Waals surface area contributed by atoms with E-state index in [2.05, 4.69) is 64.4 Å². The smallest absolute Gasteiger partial charge is 0.157 e. The van der Waals surface area contributed by atoms with E-state index in [9.17, 15) is 5.26 Å². The molecule has 0 saturated carbocycles. The maximum atomic E-state index is 9.39. The van der Waals surface area contributed by atoms with Crippen molar-refractivity contribution in [2.75, 3.05) is 36.9 Å². The lowest BCUT2D eigenvalue weighted by atomic mass is 9.98. The number of likely N-dealkylation sites (N-methyl/N-ethyl adjacent to an activating group) is 1. The van der Waals surface area contributed by atoms with Crippen LogP contribution in [-0.4, -0.2) is 52.8 Å². The fraction of sp³-hybridized carbons (Fsp3) is 0.440. The Morgan fingerprint density at radius 3 is 2.78 bits per heavy atom. The molecule has 0 unspecified atom stereocenters. The van der Waals surface area contributed by atoms with Gasteiger partial charge < -0.3 is 10.2 Å². The van der Waals surface area contributed by atoms with Crippen molar-refractivity contribution in [1.82, 2.24) is 20.1 Å². The number of aryl methyl sites for hydroxylation is 1. The minimum atomic E-state index is -0.0202. The summed E-state index contributed by atoms with van der Waals surface area (Å²) in [7, 11) is 2.20. The minimum absolute atomic E-state index is 0.0202. The second-order valence-electron chi connectivity index (χ2n) is 8.71. The molecule has 3 aromatic rings. The summed E-state index contributed by atoms with van der Waals surface area (Å²) < 4.78 is 0. The van der Waals surface area contributed by atoms with Crippen LogP contribution in [0.4, 0.5) is 11.6 Å². The van der Waals surface area contributed by atoms with Crippen molar-refractivity contribution >= 4 is 22.4 Å². The molecule has 1 aliphatic heterocycles. The number of hydrogen-bond acceptors (Lipinski definition) is 7. The van der Waals surface area contributed by atoms with Crippen molar-refractivity contribution in [2.45, 2.75) is 46.2 Å². The highest BCUT2D eigenvalue weighted by atomic mass is 15.3. The summed E-state index contributed by atoms with van der Waals surface area (Å²) in [6.07, 6.45) is 3.04. The molecule has 0 amide bonds. The van der Waals surface area contributed by atoms with E-state index in [4.69, 9.17) is 4.98 Å². The Morgan fingerprint density at radius 1 is 1.22 bits per heavy atom. The van der Waals surface area contributed by atoms with E-state index in [1.807, 2.05) is 32.2 Å². The Hall–Kier alpha value is -3.24. The maximum Gasteiger partial charge on any atom is 0.157 e. The summed E-state index contributed by atoms with van der Waals surface area (Å²) in [4.78, 5) is 9.58. The zero-order valence-electron chi connectivity index (χ0n) is 19.6. The summed E-state index contributed by atoms with van der Waals surface area (Å²) in [5.74, 6) is 1.72. The number of rotatable bonds is 5. The second-order valence-corrected chi connectivity index (χ2v) is 8.71. The van der Waals surface area contributed by atoms with Gasteiger partial charge in [0.05, 0.1) is 23.4 Å². The first-order valence-corrected chi connectivity index (χ1v) is 11.3. The lowest BCUT2D eigenvalue weighted by Gasteiger charge is -2.39. The number of anilines is 2. The number of fused-ring (bicyclic) bond motifs is 1. The first-order chi connectivity index (χ1) is 15.4. The quantitative estimate of drug-likeness (QED) is 0.650. The molecule has 0 aliphatic carbocycles. The number of aromatic nitrogens is 3. The third kappa shape index (κ3) is 4.11. The van der Waals surface area contributed by atoms with Gasteiger partial charge in [-0.15, -0.1) is 5.10 Å². The Balaban J connectivity index is 1.69. The van der Waals surface area contributed by atoms with Crippen LogP contribution in [0, 0.1) is 25.2 Å². The van der Waals surface area contributed by atoms with Gasteiger partial charge in [0.15, 0.2) is 5.82 Å². The number of pyridine rings is 1. The van der Waals surface area contributed by atoms with Crippen LogP contribution < -0.4 is 10.2 Å². The molecule has 7 heteroatoms. The average molecular weight is 430 g/mol. The summed E-state index contributed by atoms with van der Waals surface area (Å²) in [5, 5.41) is 23.8. The van der Waals surface area contributed by atoms with Crippen LogP contribution in [0.2, 0.25) is 0 Å². The van der Waals surface area contributed by atoms with Crippen molar-refractivity contribution in [3.8, 4) is 6.07 Å². The van der Waals surface area contributed by atoms with E-state index >= 15 is 0 Å². The second kappa shape index (κ2) is 9.09. The number of hydrogen-bond donors (Lipinski definition) is 1. The summed E-state index contributed by atoms with van der Waals surface area (Å²) >= 11 is 0. The molecule has 1 saturated heterocycles. The van der Waals surface area contributed by atoms with E-state index in [1.54, 1.807) is 0 Å². The highest BCUT2D eigenvalue weighted by Gasteiger charge is 2.24. The van der Waals surface area contributed by atoms with Crippen molar-refractivity contribution < 1.29 is 0 Å². The standard InChI is InChI=1S/C25H31N7/c1-6-20-15-32(11-10-31(20)5)24-12-22-23(14-27-24)18(4)29-30-25(22)28-17(3)21-9-7-8-19(13-26)16(21)2/h7-9,12,14,17,20H,6,10-11,15H2,1-5H3,(H,28,30)/t17-,20-/m1/s1. The van der Waals surface area contributed by atoms with Crippen LogP contribution in [0.25, 0.3) is 10.8 Å². The third-order valence-electron chi connectivity index (χ3n) is 6.72. The van der Waals surface area contributed by atoms with Crippen LogP contribution >= 0.6 is 0 Å². The van der Waals surface area contributed by atoms with Gasteiger partial charge in [-0.05, 0) is 57.5 Å². The van der Waals surface area contributed by atoms with Crippen molar-refractivity contribution in [2.24, 2.45) is 0 Å². The molecule has 1 N–H and O–H groups in total. The molecule has 1 aromatic carbocycles. The van der Waals surface area contributed by atoms with Gasteiger partial charge in [0, 0.05) is 42.6 Å². The van der Waals surface area contributed by atoms with E-state index in [0.29, 0.717) is 11.6 Å². The Labute approximate surface area is 190 Å². The molecule has 7 nitrogen and oxygen atoms in total. The van der Waals surface area contributed by atoms with Crippen LogP contribution in [-0.2, 0) is 0 Å². The van der Waals surface area contributed by atoms with Gasteiger partial charge in [0.25, 0.3) is 0 Å². The fourth-order valence-corrected chi connectivity index (χ4v) is 4.56. The minimum Gasteiger partial charge on any atom is -0.362 e. The molecule has 0 bridgehead atoms. The molecule has 4 rings (SSSR count). The molecule has 0 spiro atoms. The van der Waals surface area contributed by atoms with Gasteiger partial charge >= 0.3 is 0 Å². The molecule has 0 radical (unpaired) electrons. The third-order valence-corrected chi connectivity index (χ3v) is 6.72. The fourth-order valence-electron chi connectivity index (χ4n) is 4.56. The predicted octanol–water partition coefficient (Wildman–Crippen LogP) is 4.22. The maximum absolute atomic E-state index is 9.39. The Bertz CT molecular complexity index is 1170. The van der Waals surface area contributed by atoms with Gasteiger partial charge in [0.2, 0.25) is 0 Å². The highest BCUT2D eigenvalue weighted by molar-refractivity contribution is 5.94. The topological polar surface area (TPSA) is 81.0 Å². The zero-order chi connectivity index (χ0) is 22.8. The van der Waals surface area contributed by atoms with Crippen molar-refractivity contribution in [1.29, 1.82) is 5.26 Å². The summed E-state index contributed by atoms with van der Waals surface area (Å²) in [6.45, 7) is 11.3. The molecule has 32 heavy (non-hydrogen) atoms. The first kappa shape index (κ1) is 22.0. The Kier molecular flexibility index (Phi) is 6.24. The van der Waals surface area contributed by atoms with E-state index in [1.165, 1.54) is 0 Å². The zero-order valence-corrected chi connectivity index (χ0v) is 19.6. The summed E-state index contributed by atoms with van der Waals surface area (Å²) in [5.41, 5.74) is 3.64. The van der Waals surface area contributed by atoms with Gasteiger partial charge in [-0.1, -0.05) is 19.1 Å². The van der Waals surface area contributed by atoms with Gasteiger partial charge in [-0.25, -0.2) is 4.98 Å². The lowest BCUT2D eigenvalue weighted by molar-refractivity contribution is 0.213. The monoisotopic (exact) mass is 429 g/mol. The molecule has 2 aromatic heterocycles. The molecule has 166 valence electrons. The molecule has 1 aliphatic rings. The van der Waals surface area contributed by atoms with E-state index in [0.717, 1.165) is 65.3 Å². The van der Waals surface area contributed by atoms with Crippen LogP contribution in [0.1, 0.15) is 48.7 Å². The number of nitrogens with one attached hydrogen (secondary N) is 1. The molecular weight excluding hydrogens is 398 g/mol. The first-order valence-electron chi connectivity index (χ1n) is 11.3. The van der Waals surface area contributed by atoms with Gasteiger partial charge in [0.1, 0.15) is 5.82 Å². The molecule has 2 atom stereocenters. The van der Waals surface area contributed by atoms with Crippen LogP contribution in [0.15, 0.2) is 30.5 Å². The Morgan fingerprint density at radius 2 is 2.03 bits per heavy atom. The molecule has 3 heterocycles. The SMILES string of the molecule is CC[C@@H]1CN(c2cc3c(N[C@H](C)c4cccc(C#N)c4C)nnc(C)c3cn2)CCN1C. The van der Waals surface area contributed by atoms with Gasteiger partial charge in [-0.3, -0.25) is 4.90 Å². The number of nitrogens with zero attached hydrogens (tertiary/aromatic N) is 6. The number of benzene rings is 1. The molecule has 1 fully saturated rings. The lowest BCUT2D eigenvalue weighted by Crippen LogP contribution is -2.51. The molecular formula is C25H31N7. The largest absolute Gasteiger partial charge is 0.362 e. The van der Waals surface area contributed by atoms with E-state index in [-0.39, 0.29) is 6.04 Å². The number of nitriles is 1. The predicted molar refractivity (Wildman–Crippen MR) is 129 cm³/mol. The van der Waals surface area contributed by atoms with Gasteiger partial charge in [-0.2, -0.15) is 10.4 Å². The van der Waals surface area contributed by atoms with Crippen molar-refractivity contribution in [3.05, 3.63) is 52.8 Å². The normalized spacial score (nSPS) is 17.9. The van der Waals surface area contributed by atoms with E-state index < -0.39 is 0 Å².